The van der Waals surface area contributed by atoms with Crippen molar-refractivity contribution < 1.29 is 19.5 Å². The Morgan fingerprint density at radius 3 is 2.38 bits per heavy atom. The minimum atomic E-state index is -0.849. The third-order valence-corrected chi connectivity index (χ3v) is 4.91. The second-order valence-corrected chi connectivity index (χ2v) is 6.67. The van der Waals surface area contributed by atoms with Gasteiger partial charge in [0.1, 0.15) is 0 Å². The number of aliphatic carboxylic acids is 1. The van der Waals surface area contributed by atoms with Crippen LogP contribution in [-0.2, 0) is 9.59 Å². The summed E-state index contributed by atoms with van der Waals surface area (Å²) in [6, 6.07) is 6.48. The lowest BCUT2D eigenvalue weighted by Crippen LogP contribution is -2.49. The van der Waals surface area contributed by atoms with Crippen molar-refractivity contribution in [1.82, 2.24) is 4.90 Å². The summed E-state index contributed by atoms with van der Waals surface area (Å²) in [5.41, 5.74) is 1.19. The maximum Gasteiger partial charge on any atom is 0.308 e. The lowest BCUT2D eigenvalue weighted by Gasteiger charge is -2.37. The zero-order valence-electron chi connectivity index (χ0n) is 13.7. The van der Waals surface area contributed by atoms with Gasteiger partial charge in [0, 0.05) is 29.8 Å². The van der Waals surface area contributed by atoms with Gasteiger partial charge < -0.3 is 15.3 Å². The molecule has 2 aliphatic rings. The molecule has 1 heterocycles. The molecule has 1 saturated heterocycles. The Balaban J connectivity index is 1.67. The van der Waals surface area contributed by atoms with E-state index in [4.69, 9.17) is 0 Å². The van der Waals surface area contributed by atoms with Crippen LogP contribution in [0, 0.1) is 11.8 Å². The summed E-state index contributed by atoms with van der Waals surface area (Å²) in [6.07, 6.45) is 3.19. The number of piperidine rings is 1. The van der Waals surface area contributed by atoms with E-state index in [0.29, 0.717) is 30.6 Å². The number of benzene rings is 1. The van der Waals surface area contributed by atoms with Gasteiger partial charge in [-0.1, -0.05) is 0 Å². The summed E-state index contributed by atoms with van der Waals surface area (Å²) >= 11 is 0. The number of hydrogen-bond donors (Lipinski definition) is 2. The van der Waals surface area contributed by atoms with Crippen molar-refractivity contribution in [1.29, 1.82) is 0 Å². The molecule has 1 aromatic carbocycles. The first kappa shape index (κ1) is 16.5. The van der Waals surface area contributed by atoms with Gasteiger partial charge in [0.15, 0.2) is 0 Å². The molecule has 0 aromatic heterocycles. The molecule has 1 saturated carbocycles. The number of anilines is 1. The van der Waals surface area contributed by atoms with E-state index in [0.717, 1.165) is 12.8 Å². The molecule has 6 nitrogen and oxygen atoms in total. The lowest BCUT2D eigenvalue weighted by molar-refractivity contribution is -0.145. The smallest absolute Gasteiger partial charge is 0.308 e. The van der Waals surface area contributed by atoms with Gasteiger partial charge in [-0.3, -0.25) is 14.4 Å². The maximum absolute atomic E-state index is 12.7. The molecule has 0 bridgehead atoms. The quantitative estimate of drug-likeness (QED) is 0.887. The van der Waals surface area contributed by atoms with E-state index in [2.05, 4.69) is 5.32 Å². The van der Waals surface area contributed by atoms with Crippen LogP contribution < -0.4 is 5.32 Å². The van der Waals surface area contributed by atoms with E-state index in [1.54, 1.807) is 36.1 Å². The Hall–Kier alpha value is -2.37. The molecule has 24 heavy (non-hydrogen) atoms. The fraction of sp³-hybridized carbons (Fsp3) is 0.500. The number of carbonyl (C=O) groups is 3. The second kappa shape index (κ2) is 6.63. The highest BCUT2D eigenvalue weighted by molar-refractivity contribution is 5.97. The van der Waals surface area contributed by atoms with Crippen molar-refractivity contribution in [2.24, 2.45) is 11.8 Å². The summed E-state index contributed by atoms with van der Waals surface area (Å²) in [7, 11) is 0. The normalized spacial score (nSPS) is 23.6. The van der Waals surface area contributed by atoms with Crippen molar-refractivity contribution >= 4 is 23.5 Å². The lowest BCUT2D eigenvalue weighted by atomic mass is 9.90. The summed E-state index contributed by atoms with van der Waals surface area (Å²) in [5.74, 6) is -1.36. The number of rotatable bonds is 4. The van der Waals surface area contributed by atoms with Gasteiger partial charge in [-0.05, 0) is 56.9 Å². The molecule has 2 atom stereocenters. The molecule has 0 unspecified atom stereocenters. The maximum atomic E-state index is 12.7. The molecule has 128 valence electrons. The van der Waals surface area contributed by atoms with E-state index in [9.17, 15) is 19.5 Å². The monoisotopic (exact) mass is 330 g/mol. The number of carboxylic acid groups (broad SMARTS) is 1. The summed E-state index contributed by atoms with van der Waals surface area (Å²) in [4.78, 5) is 37.4. The Morgan fingerprint density at radius 1 is 1.12 bits per heavy atom. The molecule has 6 heteroatoms. The van der Waals surface area contributed by atoms with Crippen molar-refractivity contribution in [3.05, 3.63) is 29.8 Å². The van der Waals surface area contributed by atoms with E-state index in [-0.39, 0.29) is 23.8 Å². The molecular weight excluding hydrogens is 308 g/mol. The highest BCUT2D eigenvalue weighted by Gasteiger charge is 2.35. The van der Waals surface area contributed by atoms with E-state index < -0.39 is 11.9 Å². The van der Waals surface area contributed by atoms with Crippen LogP contribution >= 0.6 is 0 Å². The predicted octanol–water partition coefficient (Wildman–Crippen LogP) is 2.36. The van der Waals surface area contributed by atoms with Gasteiger partial charge in [0.25, 0.3) is 5.91 Å². The molecule has 1 aromatic rings. The number of likely N-dealkylation sites (tertiary alicyclic amines) is 1. The first-order chi connectivity index (χ1) is 11.5. The Morgan fingerprint density at radius 2 is 1.79 bits per heavy atom. The van der Waals surface area contributed by atoms with Crippen LogP contribution in [0.5, 0.6) is 0 Å². The van der Waals surface area contributed by atoms with Crippen LogP contribution in [0.1, 0.15) is 43.0 Å². The number of nitrogens with one attached hydrogen (secondary N) is 1. The van der Waals surface area contributed by atoms with Crippen LogP contribution in [0.4, 0.5) is 5.69 Å². The van der Waals surface area contributed by atoms with Gasteiger partial charge in [0.05, 0.1) is 5.92 Å². The molecule has 2 fully saturated rings. The topological polar surface area (TPSA) is 86.7 Å². The van der Waals surface area contributed by atoms with Crippen LogP contribution in [0.25, 0.3) is 0 Å². The number of amides is 2. The average molecular weight is 330 g/mol. The van der Waals surface area contributed by atoms with Gasteiger partial charge in [-0.2, -0.15) is 0 Å². The number of carbonyl (C=O) groups excluding carboxylic acids is 2. The summed E-state index contributed by atoms with van der Waals surface area (Å²) in [5, 5.41) is 12.1. The minimum Gasteiger partial charge on any atom is -0.481 e. The minimum absolute atomic E-state index is 0.0306. The molecule has 1 aliphatic carbocycles. The summed E-state index contributed by atoms with van der Waals surface area (Å²) < 4.78 is 0. The molecule has 0 radical (unpaired) electrons. The molecule has 0 spiro atoms. The first-order valence-electron chi connectivity index (χ1n) is 8.42. The summed E-state index contributed by atoms with van der Waals surface area (Å²) in [6.45, 7) is 2.37. The fourth-order valence-electron chi connectivity index (χ4n) is 3.21. The number of nitrogens with zero attached hydrogens (tertiary/aromatic N) is 1. The first-order valence-corrected chi connectivity index (χ1v) is 8.42. The number of carboxylic acids is 1. The SMILES string of the molecule is C[C@@H]1[C@H](C(=O)O)CCCN1C(=O)c1ccc(NC(=O)C2CC2)cc1. The van der Waals surface area contributed by atoms with Crippen LogP contribution in [-0.4, -0.2) is 40.4 Å². The highest BCUT2D eigenvalue weighted by atomic mass is 16.4. The van der Waals surface area contributed by atoms with Crippen LogP contribution in [0.15, 0.2) is 24.3 Å². The van der Waals surface area contributed by atoms with Crippen LogP contribution in [0.3, 0.4) is 0 Å². The molecule has 1 aliphatic heterocycles. The third kappa shape index (κ3) is 3.42. The Kier molecular flexibility index (Phi) is 4.55. The molecule has 3 rings (SSSR count). The van der Waals surface area contributed by atoms with Crippen molar-refractivity contribution in [3.8, 4) is 0 Å². The molecule has 2 N–H and O–H groups in total. The standard InChI is InChI=1S/C18H22N2O4/c1-11-15(18(23)24)3-2-10-20(11)17(22)13-6-8-14(9-7-13)19-16(21)12-4-5-12/h6-9,11-12,15H,2-5,10H2,1H3,(H,19,21)(H,23,24)/t11-,15-/m1/s1. The van der Waals surface area contributed by atoms with Crippen molar-refractivity contribution in [2.75, 3.05) is 11.9 Å². The molecular formula is C18H22N2O4. The van der Waals surface area contributed by atoms with Gasteiger partial charge >= 0.3 is 5.97 Å². The van der Waals surface area contributed by atoms with Gasteiger partial charge in [-0.15, -0.1) is 0 Å². The van der Waals surface area contributed by atoms with Gasteiger partial charge in [0.2, 0.25) is 5.91 Å². The Labute approximate surface area is 140 Å². The van der Waals surface area contributed by atoms with E-state index >= 15 is 0 Å². The van der Waals surface area contributed by atoms with Crippen molar-refractivity contribution in [2.45, 2.75) is 38.6 Å². The van der Waals surface area contributed by atoms with E-state index in [1.807, 2.05) is 0 Å². The zero-order valence-corrected chi connectivity index (χ0v) is 13.7. The second-order valence-electron chi connectivity index (χ2n) is 6.67. The predicted molar refractivity (Wildman–Crippen MR) is 88.7 cm³/mol. The fourth-order valence-corrected chi connectivity index (χ4v) is 3.21. The largest absolute Gasteiger partial charge is 0.481 e. The Bertz CT molecular complexity index is 651. The zero-order chi connectivity index (χ0) is 17.3. The van der Waals surface area contributed by atoms with Crippen molar-refractivity contribution in [3.63, 3.8) is 0 Å². The highest BCUT2D eigenvalue weighted by Crippen LogP contribution is 2.30. The van der Waals surface area contributed by atoms with E-state index in [1.165, 1.54) is 0 Å². The molecule has 2 amide bonds. The van der Waals surface area contributed by atoms with Gasteiger partial charge in [-0.25, -0.2) is 0 Å². The van der Waals surface area contributed by atoms with Crippen LogP contribution in [0.2, 0.25) is 0 Å². The number of hydrogen-bond acceptors (Lipinski definition) is 3. The average Bonchev–Trinajstić information content (AvgIpc) is 3.40. The third-order valence-electron chi connectivity index (χ3n) is 4.91.